The largest absolute Gasteiger partial charge is 0.432 e. The number of rotatable bonds is 5. The van der Waals surface area contributed by atoms with Crippen molar-refractivity contribution in [1.82, 2.24) is 19.9 Å². The molecule has 7 aliphatic rings. The molecule has 0 saturated carbocycles. The van der Waals surface area contributed by atoms with Crippen LogP contribution in [0.4, 0.5) is 4.79 Å². The second-order valence-electron chi connectivity index (χ2n) is 18.2. The van der Waals surface area contributed by atoms with Gasteiger partial charge in [0.2, 0.25) is 0 Å². The van der Waals surface area contributed by atoms with Crippen molar-refractivity contribution in [3.63, 3.8) is 0 Å². The van der Waals surface area contributed by atoms with Crippen molar-refractivity contribution in [2.75, 3.05) is 65.9 Å². The third-order valence-electron chi connectivity index (χ3n) is 14.7. The highest BCUT2D eigenvalue weighted by molar-refractivity contribution is 6.72. The Bertz CT molecular complexity index is 1050. The minimum atomic E-state index is -2.51. The van der Waals surface area contributed by atoms with Crippen LogP contribution in [0, 0.1) is 5.92 Å². The van der Waals surface area contributed by atoms with Gasteiger partial charge in [-0.2, -0.15) is 10.1 Å². The first-order chi connectivity index (χ1) is 23.2. The fourth-order valence-electron chi connectivity index (χ4n) is 11.0. The van der Waals surface area contributed by atoms with Gasteiger partial charge in [-0.15, -0.1) is 0 Å². The van der Waals surface area contributed by atoms with E-state index in [1.54, 1.807) is 10.1 Å². The van der Waals surface area contributed by atoms with E-state index < -0.39 is 30.5 Å². The summed E-state index contributed by atoms with van der Waals surface area (Å²) in [6.45, 7) is 14.7. The van der Waals surface area contributed by atoms with Gasteiger partial charge in [0.15, 0.2) is 8.32 Å². The zero-order valence-corrected chi connectivity index (χ0v) is 31.7. The van der Waals surface area contributed by atoms with Crippen LogP contribution in [0.1, 0.15) is 97.3 Å². The molecule has 4 spiro atoms. The number of urea groups is 1. The molecular formula is C36H64N4O8Si. The van der Waals surface area contributed by atoms with Crippen molar-refractivity contribution in [2.45, 2.75) is 150 Å². The number of hydrogen-bond donors (Lipinski definition) is 3. The molecule has 7 saturated heterocycles. The lowest BCUT2D eigenvalue weighted by molar-refractivity contribution is -0.301. The van der Waals surface area contributed by atoms with E-state index in [4.69, 9.17) is 18.9 Å². The summed E-state index contributed by atoms with van der Waals surface area (Å²) in [6, 6.07) is 0.0648. The molecule has 7 heterocycles. The zero-order chi connectivity index (χ0) is 34.7. The number of carbonyl (C=O) groups excluding carboxylic acids is 1. The Morgan fingerprint density at radius 2 is 0.918 bits per heavy atom. The van der Waals surface area contributed by atoms with Crippen LogP contribution in [0.15, 0.2) is 0 Å². The number of ether oxygens (including phenoxy) is 4. The van der Waals surface area contributed by atoms with Gasteiger partial charge in [-0.25, -0.2) is 4.79 Å². The van der Waals surface area contributed by atoms with Crippen molar-refractivity contribution >= 4 is 14.3 Å². The van der Waals surface area contributed by atoms with E-state index in [0.29, 0.717) is 65.9 Å². The summed E-state index contributed by atoms with van der Waals surface area (Å²) in [4.78, 5) is 31.1. The molecule has 280 valence electrons. The van der Waals surface area contributed by atoms with Crippen LogP contribution in [0.5, 0.6) is 0 Å². The quantitative estimate of drug-likeness (QED) is 0.349. The van der Waals surface area contributed by atoms with Gasteiger partial charge in [-0.05, 0) is 108 Å². The molecule has 0 radical (unpaired) electrons. The van der Waals surface area contributed by atoms with Gasteiger partial charge >= 0.3 is 6.03 Å². The average molecular weight is 709 g/mol. The number of piperidine rings is 2. The van der Waals surface area contributed by atoms with E-state index in [1.807, 2.05) is 13.1 Å². The third kappa shape index (κ3) is 6.54. The first kappa shape index (κ1) is 36.5. The molecule has 0 aromatic carbocycles. The molecule has 0 aromatic heterocycles. The van der Waals surface area contributed by atoms with Crippen LogP contribution in [0.2, 0.25) is 18.1 Å². The van der Waals surface area contributed by atoms with E-state index in [0.717, 1.165) is 83.5 Å². The van der Waals surface area contributed by atoms with Crippen LogP contribution in [0.3, 0.4) is 0 Å². The van der Waals surface area contributed by atoms with Crippen molar-refractivity contribution in [3.05, 3.63) is 0 Å². The molecule has 12 nitrogen and oxygen atoms in total. The van der Waals surface area contributed by atoms with Gasteiger partial charge in [0, 0.05) is 78.0 Å². The van der Waals surface area contributed by atoms with E-state index >= 15 is 4.79 Å². The number of nitrogens with zero attached hydrogens (tertiary/aromatic N) is 4. The van der Waals surface area contributed by atoms with Crippen LogP contribution in [-0.2, 0) is 18.9 Å². The third-order valence-corrected chi connectivity index (χ3v) is 18.2. The van der Waals surface area contributed by atoms with Crippen LogP contribution in [-0.4, -0.2) is 150 Å². The predicted molar refractivity (Wildman–Crippen MR) is 185 cm³/mol. The number of carbonyl (C=O) groups is 1. The van der Waals surface area contributed by atoms with Crippen LogP contribution < -0.4 is 0 Å². The molecule has 3 N–H and O–H groups in total. The molecule has 49 heavy (non-hydrogen) atoms. The van der Waals surface area contributed by atoms with Gasteiger partial charge < -0.3 is 44.0 Å². The van der Waals surface area contributed by atoms with Crippen molar-refractivity contribution in [1.29, 1.82) is 0 Å². The van der Waals surface area contributed by atoms with Crippen molar-refractivity contribution in [3.8, 4) is 0 Å². The van der Waals surface area contributed by atoms with Crippen LogP contribution in [0.25, 0.3) is 0 Å². The molecule has 7 aliphatic heterocycles. The van der Waals surface area contributed by atoms with E-state index in [2.05, 4.69) is 23.6 Å². The molecule has 13 heteroatoms. The maximum atomic E-state index is 15.2. The monoisotopic (exact) mass is 708 g/mol. The Kier molecular flexibility index (Phi) is 10.1. The maximum Gasteiger partial charge on any atom is 0.320 e. The highest BCUT2D eigenvalue weighted by atomic mass is 28.4. The molecule has 7 fully saturated rings. The predicted octanol–water partition coefficient (Wildman–Crippen LogP) is 4.61. The smallest absolute Gasteiger partial charge is 0.320 e. The van der Waals surface area contributed by atoms with Crippen LogP contribution >= 0.6 is 0 Å². The lowest BCUT2D eigenvalue weighted by Crippen LogP contribution is -2.73. The van der Waals surface area contributed by atoms with Gasteiger partial charge in [-0.3, -0.25) is 0 Å². The highest BCUT2D eigenvalue weighted by Crippen LogP contribution is 2.52. The van der Waals surface area contributed by atoms with E-state index in [9.17, 15) is 15.2 Å². The summed E-state index contributed by atoms with van der Waals surface area (Å²) < 4.78 is 23.3. The summed E-state index contributed by atoms with van der Waals surface area (Å²) >= 11 is 0. The van der Waals surface area contributed by atoms with Gasteiger partial charge in [0.1, 0.15) is 0 Å². The Morgan fingerprint density at radius 3 is 1.18 bits per heavy atom. The second-order valence-corrected chi connectivity index (χ2v) is 22.7. The molecule has 0 unspecified atom stereocenters. The first-order valence-corrected chi connectivity index (χ1v) is 22.3. The van der Waals surface area contributed by atoms with Crippen molar-refractivity contribution < 1.29 is 39.0 Å². The second kappa shape index (κ2) is 13.5. The average Bonchev–Trinajstić information content (AvgIpc) is 3.08. The fourth-order valence-corrected chi connectivity index (χ4v) is 11.8. The molecule has 0 aliphatic carbocycles. The zero-order valence-electron chi connectivity index (χ0n) is 30.7. The maximum absolute atomic E-state index is 15.2. The molecular weight excluding hydrogens is 645 g/mol. The Morgan fingerprint density at radius 1 is 0.633 bits per heavy atom. The van der Waals surface area contributed by atoms with Crippen molar-refractivity contribution in [2.24, 2.45) is 5.92 Å². The fraction of sp³-hybridized carbons (Fsp3) is 0.972. The van der Waals surface area contributed by atoms with E-state index in [-0.39, 0.29) is 29.1 Å². The standard InChI is InChI=1S/C36H64N4O8Si/c1-32(2,49(3,4)44)21-28-26-37(29-22-33(5-13-45-14-6-33)39(42)34(23-29)7-15-46-16-8-34)31(41)38(27-28)30-24-35(9-17-47-18-10-35)40(43)36(25-30)11-19-48-20-12-36/h28-30,42-44H,5-27H2,1-4H3. The SMILES string of the molecule is CC(C)(CC1CN(C2CC3(CCOCC3)N(O)C3(CCOCC3)C2)C(=O)N(C2CC3(CCOCC3)N(O)C3(CCOCC3)C2)C1)[Si](C)(C)O. The summed E-state index contributed by atoms with van der Waals surface area (Å²) in [6.07, 6.45) is 9.74. The summed E-state index contributed by atoms with van der Waals surface area (Å²) in [5.41, 5.74) is -1.74. The molecule has 0 bridgehead atoms. The van der Waals surface area contributed by atoms with E-state index in [1.165, 1.54) is 0 Å². The number of hydrogen-bond acceptors (Lipinski definition) is 10. The van der Waals surface area contributed by atoms with Gasteiger partial charge in [-0.1, -0.05) is 13.8 Å². The minimum Gasteiger partial charge on any atom is -0.432 e. The van der Waals surface area contributed by atoms with Gasteiger partial charge in [0.05, 0.1) is 22.2 Å². The summed E-state index contributed by atoms with van der Waals surface area (Å²) in [5.74, 6) is 0.193. The normalized spacial score (nSPS) is 34.3. The molecule has 2 amide bonds. The summed E-state index contributed by atoms with van der Waals surface area (Å²) in [5, 5.41) is 27.3. The number of hydroxylamine groups is 4. The lowest BCUT2D eigenvalue weighted by Gasteiger charge is -2.63. The lowest BCUT2D eigenvalue weighted by atomic mass is 9.68. The minimum absolute atomic E-state index is 0.0214. The molecule has 0 atom stereocenters. The first-order valence-electron chi connectivity index (χ1n) is 19.3. The number of amides is 2. The van der Waals surface area contributed by atoms with Gasteiger partial charge in [0.25, 0.3) is 0 Å². The Balaban J connectivity index is 1.25. The topological polar surface area (TPSA) is 128 Å². The summed E-state index contributed by atoms with van der Waals surface area (Å²) in [7, 11) is -2.51. The molecule has 7 rings (SSSR count). The highest BCUT2D eigenvalue weighted by Gasteiger charge is 2.60. The Labute approximate surface area is 294 Å². The molecule has 0 aromatic rings. The Hall–Kier alpha value is -0.873.